The second-order valence-electron chi connectivity index (χ2n) is 9.56. The number of hydrogen-bond donors (Lipinski definition) is 2. The van der Waals surface area contributed by atoms with Gasteiger partial charge in [0, 0.05) is 65.9 Å². The van der Waals surface area contributed by atoms with Crippen LogP contribution in [0.15, 0.2) is 43.0 Å². The fourth-order valence-electron chi connectivity index (χ4n) is 4.55. The third-order valence-corrected chi connectivity index (χ3v) is 8.53. The van der Waals surface area contributed by atoms with E-state index in [1.54, 1.807) is 24.7 Å². The molecular weight excluding hydrogens is 517 g/mol. The highest BCUT2D eigenvalue weighted by Gasteiger charge is 2.30. The molecule has 0 amide bonds. The Balaban J connectivity index is 1.33. The standard InChI is InChI=1S/C26H23F3N6O2S/c1-38(37,35-7-6-17(27)13-35)34-21-5-4-20(28)22(23(21)29)24(36)19-12-33-26-18(19)8-15(9-32-26)16-10-30-25(31-11-16)14-2-3-14/h4-5,8-12,14,17H,1-3,6-7,13H2,(H,32,33)(H,34,37)/t17-,38?/m1/s1. The van der Waals surface area contributed by atoms with Gasteiger partial charge in [-0.05, 0) is 43.3 Å². The minimum absolute atomic E-state index is 0.00925. The van der Waals surface area contributed by atoms with E-state index in [4.69, 9.17) is 0 Å². The summed E-state index contributed by atoms with van der Waals surface area (Å²) in [6, 6.07) is 3.63. The van der Waals surface area contributed by atoms with Gasteiger partial charge in [0.05, 0.1) is 11.3 Å². The van der Waals surface area contributed by atoms with E-state index in [0.717, 1.165) is 30.8 Å². The maximum atomic E-state index is 15.5. The predicted molar refractivity (Wildman–Crippen MR) is 139 cm³/mol. The smallest absolute Gasteiger partial charge is 0.201 e. The molecule has 1 saturated carbocycles. The first-order valence-electron chi connectivity index (χ1n) is 12.1. The number of rotatable bonds is 7. The van der Waals surface area contributed by atoms with Crippen LogP contribution in [0, 0.1) is 11.6 Å². The summed E-state index contributed by atoms with van der Waals surface area (Å²) in [5.41, 5.74) is 0.503. The van der Waals surface area contributed by atoms with Crippen molar-refractivity contribution in [2.24, 2.45) is 0 Å². The van der Waals surface area contributed by atoms with Crippen LogP contribution in [-0.2, 0) is 9.89 Å². The Morgan fingerprint density at radius 1 is 1.11 bits per heavy atom. The molecule has 1 saturated heterocycles. The van der Waals surface area contributed by atoms with Crippen molar-refractivity contribution in [1.82, 2.24) is 24.2 Å². The average molecular weight is 541 g/mol. The normalized spacial score (nSPS) is 19.5. The Morgan fingerprint density at radius 3 is 2.53 bits per heavy atom. The number of nitrogens with one attached hydrogen (secondary N) is 2. The van der Waals surface area contributed by atoms with Crippen LogP contribution in [-0.4, -0.2) is 59.4 Å². The lowest BCUT2D eigenvalue weighted by molar-refractivity contribution is 0.103. The lowest BCUT2D eigenvalue weighted by Gasteiger charge is -2.22. The van der Waals surface area contributed by atoms with E-state index in [9.17, 15) is 17.8 Å². The largest absolute Gasteiger partial charge is 0.345 e. The Bertz CT molecular complexity index is 1670. The topological polar surface area (TPSA) is 104 Å². The quantitative estimate of drug-likeness (QED) is 0.267. The SMILES string of the molecule is C=S(=O)(Nc1ccc(F)c(C(=O)c2c[nH]c3ncc(-c4cnc(C5CC5)nc4)cc23)c1F)N1CC[C@@H](F)C1. The molecule has 4 heterocycles. The number of halogens is 3. The van der Waals surface area contributed by atoms with Crippen molar-refractivity contribution in [2.45, 2.75) is 31.4 Å². The monoisotopic (exact) mass is 540 g/mol. The van der Waals surface area contributed by atoms with E-state index < -0.39 is 39.0 Å². The Hall–Kier alpha value is -3.77. The number of nitrogens with zero attached hydrogens (tertiary/aromatic N) is 4. The summed E-state index contributed by atoms with van der Waals surface area (Å²) >= 11 is 0. The lowest BCUT2D eigenvalue weighted by atomic mass is 10.0. The number of fused-ring (bicyclic) bond motifs is 1. The average Bonchev–Trinajstić information content (AvgIpc) is 3.51. The van der Waals surface area contributed by atoms with Crippen molar-refractivity contribution in [3.63, 3.8) is 0 Å². The van der Waals surface area contributed by atoms with Gasteiger partial charge in [0.2, 0.25) is 5.78 Å². The van der Waals surface area contributed by atoms with Gasteiger partial charge in [0.25, 0.3) is 0 Å². The Morgan fingerprint density at radius 2 is 1.84 bits per heavy atom. The van der Waals surface area contributed by atoms with E-state index in [-0.39, 0.29) is 30.8 Å². The van der Waals surface area contributed by atoms with E-state index in [1.807, 2.05) is 0 Å². The number of alkyl halides is 1. The maximum absolute atomic E-state index is 15.5. The minimum Gasteiger partial charge on any atom is -0.345 e. The third kappa shape index (κ3) is 4.43. The van der Waals surface area contributed by atoms with Crippen LogP contribution in [0.3, 0.4) is 0 Å². The second-order valence-corrected chi connectivity index (χ2v) is 11.6. The molecule has 8 nitrogen and oxygen atoms in total. The minimum atomic E-state index is -3.31. The highest BCUT2D eigenvalue weighted by molar-refractivity contribution is 7.99. The van der Waals surface area contributed by atoms with Crippen LogP contribution >= 0.6 is 0 Å². The van der Waals surface area contributed by atoms with Gasteiger partial charge >= 0.3 is 0 Å². The molecule has 1 aromatic carbocycles. The molecule has 4 aromatic rings. The first-order valence-corrected chi connectivity index (χ1v) is 13.8. The van der Waals surface area contributed by atoms with E-state index in [0.29, 0.717) is 28.1 Å². The summed E-state index contributed by atoms with van der Waals surface area (Å²) in [6.07, 6.45) is 7.48. The maximum Gasteiger partial charge on any atom is 0.201 e. The van der Waals surface area contributed by atoms with Crippen molar-refractivity contribution in [3.8, 4) is 11.1 Å². The number of H-pyrrole nitrogens is 1. The van der Waals surface area contributed by atoms with E-state index in [2.05, 4.69) is 30.5 Å². The molecule has 2 atom stereocenters. The number of pyridine rings is 1. The number of benzene rings is 1. The fourth-order valence-corrected chi connectivity index (χ4v) is 5.99. The fraction of sp³-hybridized carbons (Fsp3) is 0.269. The molecule has 0 spiro atoms. The summed E-state index contributed by atoms with van der Waals surface area (Å²) in [7, 11) is -3.31. The summed E-state index contributed by atoms with van der Waals surface area (Å²) in [5.74, 6) is 1.55. The van der Waals surface area contributed by atoms with Gasteiger partial charge in [0.15, 0.2) is 5.82 Å². The van der Waals surface area contributed by atoms with Crippen molar-refractivity contribution in [3.05, 3.63) is 71.6 Å². The molecule has 0 radical (unpaired) electrons. The molecular formula is C26H23F3N6O2S. The van der Waals surface area contributed by atoms with E-state index in [1.165, 1.54) is 10.5 Å². The third-order valence-electron chi connectivity index (χ3n) is 6.82. The predicted octanol–water partition coefficient (Wildman–Crippen LogP) is 4.41. The van der Waals surface area contributed by atoms with Crippen LogP contribution < -0.4 is 4.72 Å². The molecule has 12 heteroatoms. The van der Waals surface area contributed by atoms with Crippen LogP contribution in [0.4, 0.5) is 18.9 Å². The number of aromatic amines is 1. The number of carbonyl (C=O) groups excluding carboxylic acids is 1. The van der Waals surface area contributed by atoms with Gasteiger partial charge in [-0.2, -0.15) is 0 Å². The van der Waals surface area contributed by atoms with Crippen LogP contribution in [0.1, 0.15) is 46.9 Å². The van der Waals surface area contributed by atoms with Gasteiger partial charge in [-0.3, -0.25) is 9.52 Å². The molecule has 1 unspecified atom stereocenters. The van der Waals surface area contributed by atoms with Crippen LogP contribution in [0.5, 0.6) is 0 Å². The second kappa shape index (κ2) is 9.21. The molecule has 2 aliphatic rings. The molecule has 2 N–H and O–H groups in total. The van der Waals surface area contributed by atoms with Gasteiger partial charge in [-0.25, -0.2) is 36.6 Å². The first-order chi connectivity index (χ1) is 18.2. The molecule has 3 aromatic heterocycles. The lowest BCUT2D eigenvalue weighted by Crippen LogP contribution is -2.34. The molecule has 1 aliphatic heterocycles. The van der Waals surface area contributed by atoms with Crippen molar-refractivity contribution in [1.29, 1.82) is 0 Å². The van der Waals surface area contributed by atoms with Crippen molar-refractivity contribution < 1.29 is 22.2 Å². The Labute approximate surface area is 216 Å². The van der Waals surface area contributed by atoms with Crippen LogP contribution in [0.2, 0.25) is 0 Å². The van der Waals surface area contributed by atoms with Gasteiger partial charge in [-0.1, -0.05) is 0 Å². The first kappa shape index (κ1) is 24.6. The molecule has 196 valence electrons. The van der Waals surface area contributed by atoms with Gasteiger partial charge in [-0.15, -0.1) is 0 Å². The molecule has 38 heavy (non-hydrogen) atoms. The zero-order valence-corrected chi connectivity index (χ0v) is 20.9. The summed E-state index contributed by atoms with van der Waals surface area (Å²) in [6.45, 7) is 0.0487. The van der Waals surface area contributed by atoms with Gasteiger partial charge in [0.1, 0.15) is 33.4 Å². The van der Waals surface area contributed by atoms with Crippen molar-refractivity contribution >= 4 is 38.3 Å². The number of anilines is 1. The molecule has 2 fully saturated rings. The number of aromatic nitrogens is 4. The highest BCUT2D eigenvalue weighted by Crippen LogP contribution is 2.38. The molecule has 0 bridgehead atoms. The number of hydrogen-bond acceptors (Lipinski definition) is 5. The van der Waals surface area contributed by atoms with Crippen LogP contribution in [0.25, 0.3) is 22.2 Å². The number of ketones is 1. The zero-order chi connectivity index (χ0) is 26.6. The highest BCUT2D eigenvalue weighted by atomic mass is 32.2. The van der Waals surface area contributed by atoms with Gasteiger partial charge < -0.3 is 4.98 Å². The summed E-state index contributed by atoms with van der Waals surface area (Å²) in [5, 5.41) is 0.364. The van der Waals surface area contributed by atoms with Crippen molar-refractivity contribution in [2.75, 3.05) is 17.8 Å². The Kier molecular flexibility index (Phi) is 5.95. The zero-order valence-electron chi connectivity index (χ0n) is 20.1. The summed E-state index contributed by atoms with van der Waals surface area (Å²) in [4.78, 5) is 29.5. The molecule has 1 aliphatic carbocycles. The van der Waals surface area contributed by atoms with E-state index >= 15 is 4.39 Å². The number of carbonyl (C=O) groups is 1. The summed E-state index contributed by atoms with van der Waals surface area (Å²) < 4.78 is 60.7. The molecule has 6 rings (SSSR count).